The van der Waals surface area contributed by atoms with E-state index < -0.39 is 0 Å². The summed E-state index contributed by atoms with van der Waals surface area (Å²) >= 11 is 13.2. The molecule has 1 aromatic heterocycles. The van der Waals surface area contributed by atoms with E-state index in [9.17, 15) is 4.79 Å². The summed E-state index contributed by atoms with van der Waals surface area (Å²) in [6, 6.07) is 14.4. The van der Waals surface area contributed by atoms with Crippen molar-refractivity contribution in [1.29, 1.82) is 0 Å². The summed E-state index contributed by atoms with van der Waals surface area (Å²) in [6.07, 6.45) is 2.50. The number of nitrogens with zero attached hydrogens (tertiary/aromatic N) is 1. The normalized spacial score (nSPS) is 10.5. The van der Waals surface area contributed by atoms with Crippen molar-refractivity contribution in [2.45, 2.75) is 6.42 Å². The van der Waals surface area contributed by atoms with Gasteiger partial charge >= 0.3 is 0 Å². The Hall–Kier alpha value is -1.88. The van der Waals surface area contributed by atoms with Gasteiger partial charge < -0.3 is 0 Å². The number of benzene rings is 2. The van der Waals surface area contributed by atoms with Crippen LogP contribution >= 0.6 is 34.5 Å². The van der Waals surface area contributed by atoms with E-state index in [1.54, 1.807) is 30.5 Å². The van der Waals surface area contributed by atoms with Crippen LogP contribution in [0.1, 0.15) is 20.8 Å². The van der Waals surface area contributed by atoms with Crippen molar-refractivity contribution < 1.29 is 4.79 Å². The van der Waals surface area contributed by atoms with Crippen molar-refractivity contribution in [3.8, 4) is 0 Å². The number of thiazole rings is 1. The van der Waals surface area contributed by atoms with E-state index >= 15 is 0 Å². The second-order valence-electron chi connectivity index (χ2n) is 4.90. The minimum atomic E-state index is -0.203. The Morgan fingerprint density at radius 1 is 1.09 bits per heavy atom. The molecule has 0 spiro atoms. The van der Waals surface area contributed by atoms with E-state index in [-0.39, 0.29) is 5.91 Å². The van der Waals surface area contributed by atoms with Crippen LogP contribution in [0.3, 0.4) is 0 Å². The van der Waals surface area contributed by atoms with Gasteiger partial charge in [-0.15, -0.1) is 11.3 Å². The van der Waals surface area contributed by atoms with Crippen LogP contribution < -0.4 is 5.32 Å². The maximum atomic E-state index is 12.1. The lowest BCUT2D eigenvalue weighted by Gasteiger charge is -2.01. The summed E-state index contributed by atoms with van der Waals surface area (Å²) in [4.78, 5) is 17.4. The monoisotopic (exact) mass is 362 g/mol. The first kappa shape index (κ1) is 16.0. The van der Waals surface area contributed by atoms with Gasteiger partial charge in [-0.3, -0.25) is 10.1 Å². The number of carbonyl (C=O) groups is 1. The van der Waals surface area contributed by atoms with E-state index in [1.807, 2.05) is 24.3 Å². The van der Waals surface area contributed by atoms with Gasteiger partial charge in [0.2, 0.25) is 0 Å². The third kappa shape index (κ3) is 4.32. The topological polar surface area (TPSA) is 42.0 Å². The lowest BCUT2D eigenvalue weighted by Crippen LogP contribution is -2.11. The molecule has 0 radical (unpaired) electrons. The first-order chi connectivity index (χ1) is 11.1. The number of rotatable bonds is 4. The average molecular weight is 363 g/mol. The molecule has 3 aromatic rings. The first-order valence-electron chi connectivity index (χ1n) is 6.86. The van der Waals surface area contributed by atoms with Crippen molar-refractivity contribution in [3.63, 3.8) is 0 Å². The Balaban J connectivity index is 1.67. The molecule has 0 fully saturated rings. The molecule has 3 nitrogen and oxygen atoms in total. The van der Waals surface area contributed by atoms with Gasteiger partial charge in [-0.1, -0.05) is 35.3 Å². The van der Waals surface area contributed by atoms with Crippen molar-refractivity contribution >= 4 is 45.6 Å². The number of hydrogen-bond donors (Lipinski definition) is 1. The van der Waals surface area contributed by atoms with Gasteiger partial charge in [0.15, 0.2) is 5.13 Å². The maximum Gasteiger partial charge on any atom is 0.257 e. The zero-order chi connectivity index (χ0) is 16.2. The van der Waals surface area contributed by atoms with Gasteiger partial charge in [0.1, 0.15) is 0 Å². The van der Waals surface area contributed by atoms with Crippen LogP contribution in [-0.4, -0.2) is 10.9 Å². The van der Waals surface area contributed by atoms with Crippen LogP contribution in [0.4, 0.5) is 5.13 Å². The van der Waals surface area contributed by atoms with Gasteiger partial charge in [0.05, 0.1) is 0 Å². The summed E-state index contributed by atoms with van der Waals surface area (Å²) in [5.74, 6) is -0.203. The molecule has 0 aliphatic rings. The summed E-state index contributed by atoms with van der Waals surface area (Å²) in [6.45, 7) is 0. The van der Waals surface area contributed by atoms with Crippen LogP contribution in [-0.2, 0) is 6.42 Å². The lowest BCUT2D eigenvalue weighted by molar-refractivity contribution is 0.102. The highest BCUT2D eigenvalue weighted by Crippen LogP contribution is 2.23. The number of carbonyl (C=O) groups excluding carboxylic acids is 1. The van der Waals surface area contributed by atoms with E-state index in [1.165, 1.54) is 11.3 Å². The van der Waals surface area contributed by atoms with Gasteiger partial charge in [0.25, 0.3) is 5.91 Å². The summed E-state index contributed by atoms with van der Waals surface area (Å²) in [7, 11) is 0. The molecule has 116 valence electrons. The van der Waals surface area contributed by atoms with Gasteiger partial charge in [-0.05, 0) is 42.0 Å². The first-order valence-corrected chi connectivity index (χ1v) is 8.43. The molecule has 0 unspecified atom stereocenters. The van der Waals surface area contributed by atoms with Crippen molar-refractivity contribution in [2.75, 3.05) is 5.32 Å². The van der Waals surface area contributed by atoms with Crippen LogP contribution in [0.5, 0.6) is 0 Å². The van der Waals surface area contributed by atoms with E-state index in [4.69, 9.17) is 23.2 Å². The Morgan fingerprint density at radius 2 is 1.87 bits per heavy atom. The smallest absolute Gasteiger partial charge is 0.257 e. The quantitative estimate of drug-likeness (QED) is 0.684. The van der Waals surface area contributed by atoms with E-state index in [0.717, 1.165) is 16.9 Å². The Labute approximate surface area is 147 Å². The molecule has 6 heteroatoms. The number of anilines is 1. The fourth-order valence-corrected chi connectivity index (χ4v) is 3.25. The zero-order valence-corrected chi connectivity index (χ0v) is 14.3. The minimum Gasteiger partial charge on any atom is -0.298 e. The number of amides is 1. The van der Waals surface area contributed by atoms with Crippen LogP contribution in [0.15, 0.2) is 54.7 Å². The van der Waals surface area contributed by atoms with E-state index in [2.05, 4.69) is 10.3 Å². The predicted molar refractivity (Wildman–Crippen MR) is 95.8 cm³/mol. The van der Waals surface area contributed by atoms with Gasteiger partial charge in [-0.2, -0.15) is 0 Å². The lowest BCUT2D eigenvalue weighted by atomic mass is 10.1. The molecule has 0 aliphatic heterocycles. The summed E-state index contributed by atoms with van der Waals surface area (Å²) < 4.78 is 0. The largest absolute Gasteiger partial charge is 0.298 e. The molecule has 3 rings (SSSR count). The SMILES string of the molecule is O=C(Nc1ncc(Cc2cccc(Cl)c2)s1)c1ccc(Cl)cc1. The Bertz CT molecular complexity index is 831. The Morgan fingerprint density at radius 3 is 2.61 bits per heavy atom. The average Bonchev–Trinajstić information content (AvgIpc) is 2.95. The fourth-order valence-electron chi connectivity index (χ4n) is 2.07. The second-order valence-corrected chi connectivity index (χ2v) is 6.89. The van der Waals surface area contributed by atoms with Crippen molar-refractivity contribution in [1.82, 2.24) is 4.98 Å². The van der Waals surface area contributed by atoms with Crippen LogP contribution in [0.2, 0.25) is 10.0 Å². The zero-order valence-electron chi connectivity index (χ0n) is 11.9. The number of halogens is 2. The molecule has 1 amide bonds. The van der Waals surface area contributed by atoms with Gasteiger partial charge in [-0.25, -0.2) is 4.98 Å². The highest BCUT2D eigenvalue weighted by atomic mass is 35.5. The van der Waals surface area contributed by atoms with Crippen LogP contribution in [0, 0.1) is 0 Å². The highest BCUT2D eigenvalue weighted by Gasteiger charge is 2.09. The molecule has 0 aliphatic carbocycles. The fraction of sp³-hybridized carbons (Fsp3) is 0.0588. The van der Waals surface area contributed by atoms with E-state index in [0.29, 0.717) is 20.7 Å². The minimum absolute atomic E-state index is 0.203. The van der Waals surface area contributed by atoms with Crippen molar-refractivity contribution in [3.05, 3.63) is 80.8 Å². The molecule has 2 aromatic carbocycles. The number of hydrogen-bond acceptors (Lipinski definition) is 3. The molecule has 0 atom stereocenters. The molecule has 0 bridgehead atoms. The summed E-state index contributed by atoms with van der Waals surface area (Å²) in [5, 5.41) is 4.67. The molecule has 1 N–H and O–H groups in total. The molecular weight excluding hydrogens is 351 g/mol. The Kier molecular flexibility index (Phi) is 4.96. The number of nitrogens with one attached hydrogen (secondary N) is 1. The number of aromatic nitrogens is 1. The third-order valence-corrected chi connectivity index (χ3v) is 4.55. The van der Waals surface area contributed by atoms with Gasteiger partial charge in [0, 0.05) is 33.1 Å². The maximum absolute atomic E-state index is 12.1. The van der Waals surface area contributed by atoms with Crippen LogP contribution in [0.25, 0.3) is 0 Å². The molecule has 1 heterocycles. The molecule has 23 heavy (non-hydrogen) atoms. The highest BCUT2D eigenvalue weighted by molar-refractivity contribution is 7.15. The summed E-state index contributed by atoms with van der Waals surface area (Å²) in [5.41, 5.74) is 1.65. The predicted octanol–water partition coefficient (Wildman–Crippen LogP) is 5.29. The molecule has 0 saturated heterocycles. The third-order valence-electron chi connectivity index (χ3n) is 3.15. The van der Waals surface area contributed by atoms with Crippen molar-refractivity contribution in [2.24, 2.45) is 0 Å². The molecular formula is C17H12Cl2N2OS. The second kappa shape index (κ2) is 7.13. The standard InChI is InChI=1S/C17H12Cl2N2OS/c18-13-6-4-12(5-7-13)16(22)21-17-20-10-15(23-17)9-11-2-1-3-14(19)8-11/h1-8,10H,9H2,(H,20,21,22). The molecule has 0 saturated carbocycles.